The lowest BCUT2D eigenvalue weighted by molar-refractivity contribution is -0.127. The minimum absolute atomic E-state index is 0.177. The molecule has 1 aliphatic heterocycles. The number of imide groups is 1. The molecule has 168 valence electrons. The predicted octanol–water partition coefficient (Wildman–Crippen LogP) is 4.43. The lowest BCUT2D eigenvalue weighted by Gasteiger charge is -2.13. The average Bonchev–Trinajstić information content (AvgIpc) is 3.01. The number of nitrogens with zero attached hydrogens (tertiary/aromatic N) is 1. The number of nitrogens with one attached hydrogen (secondary N) is 1. The number of benzene rings is 2. The molecule has 0 radical (unpaired) electrons. The first-order valence-electron chi connectivity index (χ1n) is 9.55. The van der Waals surface area contributed by atoms with E-state index in [1.54, 1.807) is 43.5 Å². The van der Waals surface area contributed by atoms with Gasteiger partial charge in [0.15, 0.2) is 11.5 Å². The van der Waals surface area contributed by atoms with E-state index in [9.17, 15) is 14.4 Å². The lowest BCUT2D eigenvalue weighted by atomic mass is 10.1. The van der Waals surface area contributed by atoms with Crippen LogP contribution in [0.15, 0.2) is 41.3 Å². The number of thioether (sulfide) groups is 1. The van der Waals surface area contributed by atoms with Crippen LogP contribution in [0.2, 0.25) is 5.02 Å². The van der Waals surface area contributed by atoms with Crippen molar-refractivity contribution >= 4 is 52.2 Å². The van der Waals surface area contributed by atoms with Gasteiger partial charge in [-0.1, -0.05) is 11.6 Å². The van der Waals surface area contributed by atoms with Crippen molar-refractivity contribution in [2.75, 3.05) is 32.7 Å². The van der Waals surface area contributed by atoms with Crippen molar-refractivity contribution in [2.24, 2.45) is 0 Å². The topological polar surface area (TPSA) is 94.2 Å². The highest BCUT2D eigenvalue weighted by atomic mass is 35.5. The van der Waals surface area contributed by atoms with E-state index >= 15 is 0 Å². The summed E-state index contributed by atoms with van der Waals surface area (Å²) >= 11 is 7.00. The molecule has 0 atom stereocenters. The Morgan fingerprint density at radius 1 is 1.16 bits per heavy atom. The van der Waals surface area contributed by atoms with Crippen LogP contribution in [0.5, 0.6) is 17.2 Å². The van der Waals surface area contributed by atoms with Crippen molar-refractivity contribution in [1.29, 1.82) is 0 Å². The maximum absolute atomic E-state index is 12.7. The number of amides is 3. The molecule has 8 nitrogen and oxygen atoms in total. The largest absolute Gasteiger partial charge is 0.497 e. The van der Waals surface area contributed by atoms with Crippen LogP contribution in [0, 0.1) is 0 Å². The summed E-state index contributed by atoms with van der Waals surface area (Å²) in [4.78, 5) is 38.5. The molecular formula is C22H21ClN2O6S. The highest BCUT2D eigenvalue weighted by Gasteiger charge is 2.36. The van der Waals surface area contributed by atoms with Crippen LogP contribution in [0.1, 0.15) is 12.5 Å². The highest BCUT2D eigenvalue weighted by molar-refractivity contribution is 8.18. The molecule has 3 amide bonds. The Balaban J connectivity index is 1.73. The van der Waals surface area contributed by atoms with E-state index in [1.165, 1.54) is 13.2 Å². The number of ether oxygens (including phenoxy) is 3. The van der Waals surface area contributed by atoms with Crippen LogP contribution in [0.25, 0.3) is 6.08 Å². The molecular weight excluding hydrogens is 456 g/mol. The van der Waals surface area contributed by atoms with E-state index in [0.29, 0.717) is 40.1 Å². The zero-order chi connectivity index (χ0) is 23.3. The number of anilines is 1. The monoisotopic (exact) mass is 476 g/mol. The molecule has 1 heterocycles. The summed E-state index contributed by atoms with van der Waals surface area (Å²) in [5.74, 6) is 0.394. The highest BCUT2D eigenvalue weighted by Crippen LogP contribution is 2.38. The molecule has 0 spiro atoms. The van der Waals surface area contributed by atoms with E-state index in [-0.39, 0.29) is 4.91 Å². The first-order chi connectivity index (χ1) is 15.4. The molecule has 1 N–H and O–H groups in total. The van der Waals surface area contributed by atoms with Gasteiger partial charge in [-0.15, -0.1) is 0 Å². The van der Waals surface area contributed by atoms with Gasteiger partial charge < -0.3 is 19.5 Å². The number of rotatable bonds is 8. The van der Waals surface area contributed by atoms with Gasteiger partial charge in [-0.3, -0.25) is 19.3 Å². The second-order valence-electron chi connectivity index (χ2n) is 6.51. The van der Waals surface area contributed by atoms with Crippen molar-refractivity contribution < 1.29 is 28.6 Å². The van der Waals surface area contributed by atoms with Gasteiger partial charge in [0.05, 0.1) is 30.8 Å². The van der Waals surface area contributed by atoms with Crippen LogP contribution in [-0.4, -0.2) is 49.3 Å². The van der Waals surface area contributed by atoms with E-state index in [0.717, 1.165) is 16.7 Å². The zero-order valence-electron chi connectivity index (χ0n) is 17.6. The summed E-state index contributed by atoms with van der Waals surface area (Å²) in [5.41, 5.74) is 1.09. The third kappa shape index (κ3) is 5.35. The van der Waals surface area contributed by atoms with Gasteiger partial charge in [-0.2, -0.15) is 0 Å². The Hall–Kier alpha value is -3.17. The van der Waals surface area contributed by atoms with E-state index in [4.69, 9.17) is 25.8 Å². The molecule has 2 aromatic rings. The molecule has 0 aromatic heterocycles. The molecule has 1 aliphatic rings. The first kappa shape index (κ1) is 23.5. The van der Waals surface area contributed by atoms with Gasteiger partial charge in [0.1, 0.15) is 12.3 Å². The van der Waals surface area contributed by atoms with Crippen LogP contribution in [-0.2, 0) is 9.59 Å². The van der Waals surface area contributed by atoms with Crippen molar-refractivity contribution in [3.63, 3.8) is 0 Å². The summed E-state index contributed by atoms with van der Waals surface area (Å²) in [6.45, 7) is 1.82. The third-order valence-electron chi connectivity index (χ3n) is 4.38. The van der Waals surface area contributed by atoms with Gasteiger partial charge in [-0.25, -0.2) is 0 Å². The molecule has 2 aromatic carbocycles. The van der Waals surface area contributed by atoms with Crippen LogP contribution < -0.4 is 19.5 Å². The Kier molecular flexibility index (Phi) is 7.66. The van der Waals surface area contributed by atoms with E-state index < -0.39 is 23.6 Å². The van der Waals surface area contributed by atoms with Gasteiger partial charge in [0.2, 0.25) is 5.91 Å². The Morgan fingerprint density at radius 3 is 2.50 bits per heavy atom. The summed E-state index contributed by atoms with van der Waals surface area (Å²) in [6.07, 6.45) is 1.53. The minimum atomic E-state index is -0.560. The normalized spacial score (nSPS) is 14.6. The molecule has 32 heavy (non-hydrogen) atoms. The number of hydrogen-bond donors (Lipinski definition) is 1. The maximum Gasteiger partial charge on any atom is 0.294 e. The molecule has 0 bridgehead atoms. The summed E-state index contributed by atoms with van der Waals surface area (Å²) in [5, 5.41) is 2.43. The standard InChI is InChI=1S/C22H21ClN2O6S/c1-4-31-17-10-13(9-16(23)20(17)30-3)11-18-21(27)25(22(28)32-18)12-19(26)24-14-5-7-15(29-2)8-6-14/h5-11H,4,12H2,1-3H3,(H,24,26)/b18-11+. The van der Waals surface area contributed by atoms with Crippen LogP contribution >= 0.6 is 23.4 Å². The molecule has 0 unspecified atom stereocenters. The summed E-state index contributed by atoms with van der Waals surface area (Å²) in [6, 6.07) is 9.97. The van der Waals surface area contributed by atoms with Crippen molar-refractivity contribution in [2.45, 2.75) is 6.92 Å². The number of hydrogen-bond acceptors (Lipinski definition) is 7. The van der Waals surface area contributed by atoms with Crippen LogP contribution in [0.4, 0.5) is 10.5 Å². The fourth-order valence-electron chi connectivity index (χ4n) is 2.94. The Labute approximate surface area is 194 Å². The SMILES string of the molecule is CCOc1cc(/C=C2/SC(=O)N(CC(=O)Nc3ccc(OC)cc3)C2=O)cc(Cl)c1OC. The maximum atomic E-state index is 12.7. The number of carbonyl (C=O) groups is 3. The molecule has 10 heteroatoms. The molecule has 1 fully saturated rings. The Bertz CT molecular complexity index is 1070. The van der Waals surface area contributed by atoms with Gasteiger partial charge >= 0.3 is 0 Å². The smallest absolute Gasteiger partial charge is 0.294 e. The molecule has 0 saturated carbocycles. The minimum Gasteiger partial charge on any atom is -0.497 e. The molecule has 3 rings (SSSR count). The lowest BCUT2D eigenvalue weighted by Crippen LogP contribution is -2.36. The van der Waals surface area contributed by atoms with Crippen molar-refractivity contribution in [3.8, 4) is 17.2 Å². The van der Waals surface area contributed by atoms with Crippen molar-refractivity contribution in [3.05, 3.63) is 51.9 Å². The van der Waals surface area contributed by atoms with E-state index in [1.807, 2.05) is 6.92 Å². The third-order valence-corrected chi connectivity index (χ3v) is 5.57. The second kappa shape index (κ2) is 10.4. The van der Waals surface area contributed by atoms with Crippen LogP contribution in [0.3, 0.4) is 0 Å². The summed E-state index contributed by atoms with van der Waals surface area (Å²) in [7, 11) is 3.02. The van der Waals surface area contributed by atoms with E-state index in [2.05, 4.69) is 5.32 Å². The van der Waals surface area contributed by atoms with Gasteiger partial charge in [0.25, 0.3) is 11.1 Å². The zero-order valence-corrected chi connectivity index (χ0v) is 19.2. The Morgan fingerprint density at radius 2 is 1.88 bits per heavy atom. The average molecular weight is 477 g/mol. The van der Waals surface area contributed by atoms with Crippen molar-refractivity contribution in [1.82, 2.24) is 4.90 Å². The first-order valence-corrected chi connectivity index (χ1v) is 10.7. The number of methoxy groups -OCH3 is 2. The van der Waals surface area contributed by atoms with Gasteiger partial charge in [-0.05, 0) is 66.7 Å². The molecule has 1 saturated heterocycles. The predicted molar refractivity (Wildman–Crippen MR) is 123 cm³/mol. The van der Waals surface area contributed by atoms with Gasteiger partial charge in [0, 0.05) is 5.69 Å². The fraction of sp³-hybridized carbons (Fsp3) is 0.227. The number of halogens is 1. The second-order valence-corrected chi connectivity index (χ2v) is 7.91. The number of carbonyl (C=O) groups excluding carboxylic acids is 3. The fourth-order valence-corrected chi connectivity index (χ4v) is 4.07. The quantitative estimate of drug-likeness (QED) is 0.563. The molecule has 0 aliphatic carbocycles. The summed E-state index contributed by atoms with van der Waals surface area (Å²) < 4.78 is 15.9.